The Hall–Kier alpha value is -3.45. The van der Waals surface area contributed by atoms with Crippen LogP contribution in [-0.2, 0) is 14.6 Å². The van der Waals surface area contributed by atoms with Gasteiger partial charge in [0.2, 0.25) is 0 Å². The molecule has 0 spiro atoms. The van der Waals surface area contributed by atoms with Gasteiger partial charge < -0.3 is 20.4 Å². The zero-order chi connectivity index (χ0) is 27.9. The van der Waals surface area contributed by atoms with E-state index in [1.807, 2.05) is 19.9 Å². The summed E-state index contributed by atoms with van der Waals surface area (Å²) in [5.41, 5.74) is 1.17. The van der Waals surface area contributed by atoms with Gasteiger partial charge in [0, 0.05) is 36.1 Å². The lowest BCUT2D eigenvalue weighted by atomic mass is 9.75. The van der Waals surface area contributed by atoms with Crippen LogP contribution < -0.4 is 10.6 Å². The van der Waals surface area contributed by atoms with Gasteiger partial charge in [-0.2, -0.15) is 0 Å². The molecule has 0 saturated carbocycles. The van der Waals surface area contributed by atoms with Gasteiger partial charge in [0.25, 0.3) is 6.43 Å². The number of pyridine rings is 1. The number of aromatic nitrogens is 5. The first-order chi connectivity index (χ1) is 18.4. The van der Waals surface area contributed by atoms with E-state index in [1.165, 1.54) is 0 Å². The number of allylic oxidation sites excluding steroid dienone is 1. The first kappa shape index (κ1) is 27.1. The molecule has 1 aliphatic heterocycles. The topological polar surface area (TPSA) is 135 Å². The number of hydrogen-bond donors (Lipinski definition) is 3. The Bertz CT molecular complexity index is 1560. The lowest BCUT2D eigenvalue weighted by molar-refractivity contribution is -0.0426. The molecule has 3 N–H and O–H groups in total. The largest absolute Gasteiger partial charge is 0.377 e. The number of nitrogens with one attached hydrogen (secondary N) is 3. The first-order valence-electron chi connectivity index (χ1n) is 12.7. The van der Waals surface area contributed by atoms with Crippen molar-refractivity contribution in [1.82, 2.24) is 24.9 Å². The minimum atomic E-state index is -3.66. The second kappa shape index (κ2) is 10.3. The summed E-state index contributed by atoms with van der Waals surface area (Å²) in [6.45, 7) is 6.24. The van der Waals surface area contributed by atoms with Gasteiger partial charge in [0.15, 0.2) is 21.3 Å². The summed E-state index contributed by atoms with van der Waals surface area (Å²) < 4.78 is 58.9. The van der Waals surface area contributed by atoms with Crippen molar-refractivity contribution in [2.24, 2.45) is 5.41 Å². The number of aryl methyl sites for hydroxylation is 2. The highest BCUT2D eigenvalue weighted by atomic mass is 32.2. The average molecular weight is 560 g/mol. The molecule has 10 nitrogen and oxygen atoms in total. The summed E-state index contributed by atoms with van der Waals surface area (Å²) in [7, 11) is -3.66. The predicted molar refractivity (Wildman–Crippen MR) is 145 cm³/mol. The van der Waals surface area contributed by atoms with E-state index in [4.69, 9.17) is 4.74 Å². The molecule has 0 bridgehead atoms. The van der Waals surface area contributed by atoms with E-state index in [-0.39, 0.29) is 22.2 Å². The second-order valence-electron chi connectivity index (χ2n) is 10.3. The first-order valence-corrected chi connectivity index (χ1v) is 14.6. The molecule has 0 amide bonds. The van der Waals surface area contributed by atoms with Gasteiger partial charge in [0.05, 0.1) is 22.4 Å². The molecule has 2 atom stereocenters. The predicted octanol–water partition coefficient (Wildman–Crippen LogP) is 5.25. The number of anilines is 3. The Morgan fingerprint density at radius 2 is 1.87 bits per heavy atom. The molecular formula is C26H31F2N7O3S. The van der Waals surface area contributed by atoms with Crippen LogP contribution in [0.4, 0.5) is 26.1 Å². The van der Waals surface area contributed by atoms with Crippen LogP contribution in [0.2, 0.25) is 0 Å². The Kier molecular flexibility index (Phi) is 7.14. The third-order valence-electron chi connectivity index (χ3n) is 6.96. The molecule has 1 fully saturated rings. The minimum absolute atomic E-state index is 0.0936. The van der Waals surface area contributed by atoms with Crippen molar-refractivity contribution >= 4 is 38.3 Å². The van der Waals surface area contributed by atoms with Crippen molar-refractivity contribution in [3.63, 3.8) is 0 Å². The number of ether oxygens (including phenoxy) is 1. The number of fused-ring (bicyclic) bond motifs is 1. The summed E-state index contributed by atoms with van der Waals surface area (Å²) >= 11 is 0. The molecule has 2 aliphatic rings. The summed E-state index contributed by atoms with van der Waals surface area (Å²) in [5.74, 6) is 0.792. The normalized spacial score (nSPS) is 22.1. The molecule has 0 radical (unpaired) electrons. The summed E-state index contributed by atoms with van der Waals surface area (Å²) in [6, 6.07) is 3.32. The molecule has 1 aliphatic carbocycles. The lowest BCUT2D eigenvalue weighted by Gasteiger charge is -2.39. The SMILES string of the molecule is Cc1cc(Nc2cc(NC3=CCC(C)([C@@H]4CCCCO4)C=C3S(C)(=O)=O)c3nc(C(F)F)[nH]c3n2)nc(C)n1. The van der Waals surface area contributed by atoms with Crippen LogP contribution in [0.5, 0.6) is 0 Å². The molecule has 3 aromatic rings. The number of hydrogen-bond acceptors (Lipinski definition) is 9. The molecule has 1 saturated heterocycles. The third-order valence-corrected chi connectivity index (χ3v) is 8.09. The van der Waals surface area contributed by atoms with E-state index in [1.54, 1.807) is 25.1 Å². The molecule has 208 valence electrons. The lowest BCUT2D eigenvalue weighted by Crippen LogP contribution is -2.37. The van der Waals surface area contributed by atoms with E-state index in [2.05, 4.69) is 35.6 Å². The van der Waals surface area contributed by atoms with Gasteiger partial charge in [0.1, 0.15) is 23.0 Å². The average Bonchev–Trinajstić information content (AvgIpc) is 3.29. The number of imidazole rings is 1. The van der Waals surface area contributed by atoms with Crippen molar-refractivity contribution < 1.29 is 21.9 Å². The number of aromatic amines is 1. The monoisotopic (exact) mass is 559 g/mol. The third kappa shape index (κ3) is 5.78. The molecule has 0 aromatic carbocycles. The number of halogens is 2. The Morgan fingerprint density at radius 1 is 1.10 bits per heavy atom. The Morgan fingerprint density at radius 3 is 2.54 bits per heavy atom. The Balaban J connectivity index is 1.54. The van der Waals surface area contributed by atoms with Gasteiger partial charge in [-0.1, -0.05) is 19.1 Å². The standard InChI is InChI=1S/C26H31F2N7O3S/c1-14-11-20(30-15(2)29-14)32-21-12-17(22-24(33-21)35-25(34-22)23(27)28)31-16-8-9-26(3,13-18(16)39(4,36)37)19-7-5-6-10-38-19/h8,11-13,19,23H,5-7,9-10H2,1-4H3,(H3,29,30,31,32,33,34,35)/t19-,26?/m0/s1. The summed E-state index contributed by atoms with van der Waals surface area (Å²) in [5, 5.41) is 6.24. The van der Waals surface area contributed by atoms with Crippen molar-refractivity contribution in [3.8, 4) is 0 Å². The second-order valence-corrected chi connectivity index (χ2v) is 12.3. The molecule has 13 heteroatoms. The van der Waals surface area contributed by atoms with Gasteiger partial charge in [-0.3, -0.25) is 0 Å². The number of rotatable bonds is 7. The van der Waals surface area contributed by atoms with Crippen molar-refractivity contribution in [3.05, 3.63) is 52.2 Å². The fraction of sp³-hybridized carbons (Fsp3) is 0.462. The minimum Gasteiger partial charge on any atom is -0.377 e. The van der Waals surface area contributed by atoms with Gasteiger partial charge in [-0.15, -0.1) is 0 Å². The van der Waals surface area contributed by atoms with E-state index in [0.717, 1.165) is 31.2 Å². The molecule has 4 heterocycles. The van der Waals surface area contributed by atoms with E-state index in [0.29, 0.717) is 41.9 Å². The van der Waals surface area contributed by atoms with Crippen molar-refractivity contribution in [2.45, 2.75) is 59.0 Å². The van der Waals surface area contributed by atoms with E-state index >= 15 is 0 Å². The van der Waals surface area contributed by atoms with Gasteiger partial charge in [-0.25, -0.2) is 37.1 Å². The molecule has 1 unspecified atom stereocenters. The highest BCUT2D eigenvalue weighted by molar-refractivity contribution is 7.94. The Labute approximate surface area is 225 Å². The number of nitrogens with zero attached hydrogens (tertiary/aromatic N) is 4. The molecule has 3 aromatic heterocycles. The van der Waals surface area contributed by atoms with Crippen molar-refractivity contribution in [1.29, 1.82) is 0 Å². The van der Waals surface area contributed by atoms with Crippen LogP contribution in [0.25, 0.3) is 11.2 Å². The zero-order valence-corrected chi connectivity index (χ0v) is 23.0. The highest BCUT2D eigenvalue weighted by Crippen LogP contribution is 2.42. The van der Waals surface area contributed by atoms with Crippen LogP contribution >= 0.6 is 0 Å². The van der Waals surface area contributed by atoms with Crippen LogP contribution in [0.3, 0.4) is 0 Å². The maximum atomic E-state index is 13.5. The van der Waals surface area contributed by atoms with Crippen LogP contribution in [0.15, 0.2) is 34.9 Å². The smallest absolute Gasteiger partial charge is 0.295 e. The van der Waals surface area contributed by atoms with Gasteiger partial charge in [-0.05, 0) is 39.5 Å². The van der Waals surface area contributed by atoms with Crippen LogP contribution in [0.1, 0.15) is 56.4 Å². The number of alkyl halides is 2. The highest BCUT2D eigenvalue weighted by Gasteiger charge is 2.38. The maximum Gasteiger partial charge on any atom is 0.295 e. The number of H-pyrrole nitrogens is 1. The van der Waals surface area contributed by atoms with Gasteiger partial charge >= 0.3 is 0 Å². The summed E-state index contributed by atoms with van der Waals surface area (Å²) in [4.78, 5) is 19.7. The molecule has 5 rings (SSSR count). The fourth-order valence-corrected chi connectivity index (χ4v) is 6.11. The number of sulfone groups is 1. The summed E-state index contributed by atoms with van der Waals surface area (Å²) in [6.07, 6.45) is 5.22. The maximum absolute atomic E-state index is 13.5. The quantitative estimate of drug-likeness (QED) is 0.355. The fourth-order valence-electron chi connectivity index (χ4n) is 5.09. The van der Waals surface area contributed by atoms with E-state index < -0.39 is 27.5 Å². The zero-order valence-electron chi connectivity index (χ0n) is 22.2. The van der Waals surface area contributed by atoms with E-state index in [9.17, 15) is 17.2 Å². The molecule has 39 heavy (non-hydrogen) atoms. The van der Waals surface area contributed by atoms with Crippen LogP contribution in [0, 0.1) is 19.3 Å². The van der Waals surface area contributed by atoms with Crippen molar-refractivity contribution in [2.75, 3.05) is 23.5 Å². The molecular weight excluding hydrogens is 528 g/mol. The van der Waals surface area contributed by atoms with Crippen LogP contribution in [-0.4, -0.2) is 52.3 Å².